The van der Waals surface area contributed by atoms with Crippen LogP contribution >= 0.6 is 11.3 Å². The number of para-hydroxylation sites is 1. The monoisotopic (exact) mass is 342 g/mol. The van der Waals surface area contributed by atoms with Gasteiger partial charge in [-0.25, -0.2) is 4.98 Å². The molecule has 6 heteroatoms. The number of hydrogen-bond donors (Lipinski definition) is 1. The van der Waals surface area contributed by atoms with E-state index in [1.54, 1.807) is 12.1 Å². The summed E-state index contributed by atoms with van der Waals surface area (Å²) in [5, 5.41) is 12.6. The van der Waals surface area contributed by atoms with Crippen LogP contribution in [0.3, 0.4) is 0 Å². The average molecular weight is 342 g/mol. The Hall–Kier alpha value is -2.44. The van der Waals surface area contributed by atoms with Crippen molar-refractivity contribution in [3.8, 4) is 5.75 Å². The van der Waals surface area contributed by atoms with Gasteiger partial charge in [0.25, 0.3) is 5.56 Å². The van der Waals surface area contributed by atoms with Crippen LogP contribution in [0.1, 0.15) is 5.56 Å². The Morgan fingerprint density at radius 3 is 3.04 bits per heavy atom. The van der Waals surface area contributed by atoms with E-state index < -0.39 is 6.10 Å². The summed E-state index contributed by atoms with van der Waals surface area (Å²) in [6.07, 6.45) is 3.16. The van der Waals surface area contributed by atoms with Gasteiger partial charge in [-0.05, 0) is 29.5 Å². The SMILES string of the molecule is C=CCc1ccccc1OC[C@@H](O)Cn1cnc2sccc2c1=O. The number of aliphatic hydroxyl groups is 1. The number of ether oxygens (including phenoxy) is 1. The molecular weight excluding hydrogens is 324 g/mol. The van der Waals surface area contributed by atoms with E-state index in [1.165, 1.54) is 22.2 Å². The zero-order valence-corrected chi connectivity index (χ0v) is 13.9. The summed E-state index contributed by atoms with van der Waals surface area (Å²) in [5.41, 5.74) is 0.866. The number of aliphatic hydroxyl groups excluding tert-OH is 1. The van der Waals surface area contributed by atoms with Crippen molar-refractivity contribution in [3.05, 3.63) is 70.6 Å². The zero-order valence-electron chi connectivity index (χ0n) is 13.1. The van der Waals surface area contributed by atoms with Crippen LogP contribution in [-0.2, 0) is 13.0 Å². The molecule has 124 valence electrons. The van der Waals surface area contributed by atoms with E-state index >= 15 is 0 Å². The number of benzene rings is 1. The fraction of sp³-hybridized carbons (Fsp3) is 0.222. The summed E-state index contributed by atoms with van der Waals surface area (Å²) in [4.78, 5) is 17.2. The molecule has 2 aromatic heterocycles. The lowest BCUT2D eigenvalue weighted by atomic mass is 10.1. The Balaban J connectivity index is 1.67. The van der Waals surface area contributed by atoms with E-state index in [9.17, 15) is 9.90 Å². The number of hydrogen-bond acceptors (Lipinski definition) is 5. The van der Waals surface area contributed by atoms with Crippen LogP contribution in [0.5, 0.6) is 5.75 Å². The minimum Gasteiger partial charge on any atom is -0.491 e. The number of aromatic nitrogens is 2. The topological polar surface area (TPSA) is 64.3 Å². The summed E-state index contributed by atoms with van der Waals surface area (Å²) in [7, 11) is 0. The Kier molecular flexibility index (Phi) is 5.08. The first-order valence-electron chi connectivity index (χ1n) is 7.61. The second-order valence-corrected chi connectivity index (χ2v) is 6.30. The highest BCUT2D eigenvalue weighted by Crippen LogP contribution is 2.19. The highest BCUT2D eigenvalue weighted by molar-refractivity contribution is 7.16. The molecule has 1 N–H and O–H groups in total. The molecule has 2 heterocycles. The van der Waals surface area contributed by atoms with Gasteiger partial charge in [-0.3, -0.25) is 9.36 Å². The number of fused-ring (bicyclic) bond motifs is 1. The van der Waals surface area contributed by atoms with Crippen molar-refractivity contribution in [2.75, 3.05) is 6.61 Å². The van der Waals surface area contributed by atoms with E-state index in [4.69, 9.17) is 4.74 Å². The summed E-state index contributed by atoms with van der Waals surface area (Å²) in [5.74, 6) is 0.718. The van der Waals surface area contributed by atoms with Crippen molar-refractivity contribution in [1.82, 2.24) is 9.55 Å². The first kappa shape index (κ1) is 16.4. The van der Waals surface area contributed by atoms with Crippen molar-refractivity contribution < 1.29 is 9.84 Å². The number of rotatable bonds is 7. The van der Waals surface area contributed by atoms with Crippen LogP contribution in [0.4, 0.5) is 0 Å². The maximum absolute atomic E-state index is 12.3. The number of thiophene rings is 1. The molecular formula is C18H18N2O3S. The lowest BCUT2D eigenvalue weighted by Crippen LogP contribution is -2.30. The standard InChI is InChI=1S/C18H18N2O3S/c1-2-5-13-6-3-4-7-16(13)23-11-14(21)10-20-12-19-17-15(18(20)22)8-9-24-17/h2-4,6-9,12,14,21H,1,5,10-11H2/t14-/m0/s1. The van der Waals surface area contributed by atoms with Crippen molar-refractivity contribution in [2.24, 2.45) is 0 Å². The van der Waals surface area contributed by atoms with Gasteiger partial charge in [-0.1, -0.05) is 24.3 Å². The predicted octanol–water partition coefficient (Wildman–Crippen LogP) is 2.63. The molecule has 0 aliphatic heterocycles. The van der Waals surface area contributed by atoms with Crippen molar-refractivity contribution in [1.29, 1.82) is 0 Å². The maximum Gasteiger partial charge on any atom is 0.262 e. The molecule has 0 bridgehead atoms. The molecule has 0 aliphatic carbocycles. The first-order chi connectivity index (χ1) is 11.7. The summed E-state index contributed by atoms with van der Waals surface area (Å²) >= 11 is 1.42. The van der Waals surface area contributed by atoms with Gasteiger partial charge in [0, 0.05) is 0 Å². The molecule has 24 heavy (non-hydrogen) atoms. The lowest BCUT2D eigenvalue weighted by Gasteiger charge is -2.15. The van der Waals surface area contributed by atoms with Crippen LogP contribution in [0.25, 0.3) is 10.2 Å². The fourth-order valence-corrected chi connectivity index (χ4v) is 3.18. The predicted molar refractivity (Wildman–Crippen MR) is 95.7 cm³/mol. The van der Waals surface area contributed by atoms with Gasteiger partial charge in [0.1, 0.15) is 23.3 Å². The van der Waals surface area contributed by atoms with Gasteiger partial charge < -0.3 is 9.84 Å². The Labute approximate surface area is 143 Å². The molecule has 3 aromatic rings. The third-order valence-corrected chi connectivity index (χ3v) is 4.45. The maximum atomic E-state index is 12.3. The first-order valence-corrected chi connectivity index (χ1v) is 8.49. The van der Waals surface area contributed by atoms with Gasteiger partial charge in [-0.15, -0.1) is 17.9 Å². The second kappa shape index (κ2) is 7.42. The molecule has 0 saturated carbocycles. The van der Waals surface area contributed by atoms with Crippen LogP contribution in [0.2, 0.25) is 0 Å². The van der Waals surface area contributed by atoms with E-state index in [0.29, 0.717) is 16.6 Å². The van der Waals surface area contributed by atoms with Crippen LogP contribution < -0.4 is 10.3 Å². The minimum atomic E-state index is -0.808. The average Bonchev–Trinajstić information content (AvgIpc) is 3.06. The molecule has 5 nitrogen and oxygen atoms in total. The molecule has 0 saturated heterocycles. The van der Waals surface area contributed by atoms with Crippen LogP contribution in [-0.4, -0.2) is 27.4 Å². The third kappa shape index (κ3) is 3.55. The van der Waals surface area contributed by atoms with Gasteiger partial charge >= 0.3 is 0 Å². The molecule has 0 spiro atoms. The molecule has 1 aromatic carbocycles. The summed E-state index contributed by atoms with van der Waals surface area (Å²) in [6.45, 7) is 3.97. The quantitative estimate of drug-likeness (QED) is 0.671. The van der Waals surface area contributed by atoms with Gasteiger partial charge in [0.2, 0.25) is 0 Å². The number of allylic oxidation sites excluding steroid dienone is 1. The molecule has 0 radical (unpaired) electrons. The van der Waals surface area contributed by atoms with E-state index in [-0.39, 0.29) is 18.7 Å². The van der Waals surface area contributed by atoms with Gasteiger partial charge in [0.15, 0.2) is 0 Å². The third-order valence-electron chi connectivity index (χ3n) is 3.63. The van der Waals surface area contributed by atoms with E-state index in [1.807, 2.05) is 29.6 Å². The molecule has 0 amide bonds. The minimum absolute atomic E-state index is 0.0995. The van der Waals surface area contributed by atoms with Gasteiger partial charge in [-0.2, -0.15) is 0 Å². The highest BCUT2D eigenvalue weighted by atomic mass is 32.1. The Bertz CT molecular complexity index is 900. The Morgan fingerprint density at radius 2 is 2.21 bits per heavy atom. The molecule has 3 rings (SSSR count). The van der Waals surface area contributed by atoms with Crippen LogP contribution in [0.15, 0.2) is 59.5 Å². The summed E-state index contributed by atoms with van der Waals surface area (Å²) < 4.78 is 7.12. The van der Waals surface area contributed by atoms with Crippen molar-refractivity contribution in [3.63, 3.8) is 0 Å². The van der Waals surface area contributed by atoms with Gasteiger partial charge in [0.05, 0.1) is 18.3 Å². The number of nitrogens with zero attached hydrogens (tertiary/aromatic N) is 2. The molecule has 0 unspecified atom stereocenters. The second-order valence-electron chi connectivity index (χ2n) is 5.41. The normalized spacial score (nSPS) is 12.2. The van der Waals surface area contributed by atoms with E-state index in [0.717, 1.165) is 11.3 Å². The smallest absolute Gasteiger partial charge is 0.262 e. The van der Waals surface area contributed by atoms with Crippen molar-refractivity contribution in [2.45, 2.75) is 19.1 Å². The van der Waals surface area contributed by atoms with Crippen molar-refractivity contribution >= 4 is 21.6 Å². The fourth-order valence-electron chi connectivity index (χ4n) is 2.46. The molecule has 1 atom stereocenters. The highest BCUT2D eigenvalue weighted by Gasteiger charge is 2.11. The Morgan fingerprint density at radius 1 is 1.38 bits per heavy atom. The molecule has 0 fully saturated rings. The largest absolute Gasteiger partial charge is 0.491 e. The summed E-state index contributed by atoms with van der Waals surface area (Å²) in [6, 6.07) is 9.38. The van der Waals surface area contributed by atoms with E-state index in [2.05, 4.69) is 11.6 Å². The lowest BCUT2D eigenvalue weighted by molar-refractivity contribution is 0.0911. The molecule has 0 aliphatic rings. The zero-order chi connectivity index (χ0) is 16.9. The van der Waals surface area contributed by atoms with Crippen LogP contribution in [0, 0.1) is 0 Å².